The molecular weight excluding hydrogens is 290 g/mol. The largest absolute Gasteiger partial charge is 0.516 e. The molecule has 0 atom stereocenters. The first-order valence-corrected chi connectivity index (χ1v) is 5.54. The average molecular weight is 294 g/mol. The van der Waals surface area contributed by atoms with Crippen LogP contribution in [0.4, 0.5) is 32.2 Å². The third-order valence-corrected chi connectivity index (χ3v) is 2.72. The smallest absolute Gasteiger partial charge is 0.260 e. The number of halogens is 6. The van der Waals surface area contributed by atoms with Gasteiger partial charge in [0.1, 0.15) is 5.82 Å². The summed E-state index contributed by atoms with van der Waals surface area (Å²) in [5.41, 5.74) is -6.78. The SMILES string of the molecule is O=S(=O)(Nc1ccc(C(F)(F)F)cn1)C(F)(F)F. The summed E-state index contributed by atoms with van der Waals surface area (Å²) in [6, 6.07) is 0.882. The molecule has 0 aromatic carbocycles. The number of nitrogens with one attached hydrogen (secondary N) is 1. The van der Waals surface area contributed by atoms with Crippen LogP contribution in [0.5, 0.6) is 0 Å². The molecular formula is C7H4F6N2O2S. The third kappa shape index (κ3) is 3.24. The molecule has 1 aromatic heterocycles. The van der Waals surface area contributed by atoms with Crippen LogP contribution in [0.25, 0.3) is 0 Å². The van der Waals surface area contributed by atoms with E-state index in [0.29, 0.717) is 12.1 Å². The first kappa shape index (κ1) is 14.5. The number of hydrogen-bond donors (Lipinski definition) is 1. The highest BCUT2D eigenvalue weighted by Crippen LogP contribution is 2.29. The Balaban J connectivity index is 2.96. The molecule has 1 N–H and O–H groups in total. The topological polar surface area (TPSA) is 59.1 Å². The Labute approximate surface area is 96.7 Å². The number of alkyl halides is 6. The Hall–Kier alpha value is -1.52. The van der Waals surface area contributed by atoms with Crippen molar-refractivity contribution in [3.63, 3.8) is 0 Å². The molecule has 1 aromatic rings. The summed E-state index contributed by atoms with van der Waals surface area (Å²) < 4.78 is 94.3. The summed E-state index contributed by atoms with van der Waals surface area (Å²) in [4.78, 5) is 2.93. The van der Waals surface area contributed by atoms with E-state index in [-0.39, 0.29) is 6.20 Å². The monoisotopic (exact) mass is 294 g/mol. The van der Waals surface area contributed by atoms with Crippen LogP contribution in [-0.2, 0) is 16.2 Å². The molecule has 102 valence electrons. The van der Waals surface area contributed by atoms with Crippen LogP contribution in [0, 0.1) is 0 Å². The molecule has 1 rings (SSSR count). The lowest BCUT2D eigenvalue weighted by molar-refractivity contribution is -0.137. The molecule has 0 radical (unpaired) electrons. The van der Waals surface area contributed by atoms with E-state index >= 15 is 0 Å². The fraction of sp³-hybridized carbons (Fsp3) is 0.286. The van der Waals surface area contributed by atoms with E-state index < -0.39 is 33.1 Å². The second-order valence-electron chi connectivity index (χ2n) is 2.98. The normalized spacial score (nSPS) is 13.4. The standard InChI is InChI=1S/C7H4F6N2O2S/c8-6(9,10)4-1-2-5(14-3-4)15-18(16,17)7(11,12)13/h1-3H,(H,14,15). The van der Waals surface area contributed by atoms with Crippen LogP contribution < -0.4 is 4.72 Å². The minimum absolute atomic E-state index is 0.216. The number of anilines is 1. The Morgan fingerprint density at radius 3 is 1.94 bits per heavy atom. The Kier molecular flexibility index (Phi) is 3.47. The fourth-order valence-electron chi connectivity index (χ4n) is 0.817. The zero-order chi connectivity index (χ0) is 14.2. The van der Waals surface area contributed by atoms with E-state index in [1.54, 1.807) is 0 Å². The van der Waals surface area contributed by atoms with Gasteiger partial charge in [-0.15, -0.1) is 0 Å². The number of pyridine rings is 1. The zero-order valence-corrected chi connectivity index (χ0v) is 8.99. The van der Waals surface area contributed by atoms with Crippen LogP contribution in [0.1, 0.15) is 5.56 Å². The minimum atomic E-state index is -5.69. The van der Waals surface area contributed by atoms with Crippen LogP contribution in [0.15, 0.2) is 18.3 Å². The molecule has 0 bridgehead atoms. The van der Waals surface area contributed by atoms with Crippen molar-refractivity contribution in [1.82, 2.24) is 4.98 Å². The molecule has 0 aliphatic carbocycles. The van der Waals surface area contributed by atoms with E-state index in [0.717, 1.165) is 4.72 Å². The van der Waals surface area contributed by atoms with Crippen molar-refractivity contribution in [3.8, 4) is 0 Å². The van der Waals surface area contributed by atoms with Gasteiger partial charge in [0.2, 0.25) is 0 Å². The summed E-state index contributed by atoms with van der Waals surface area (Å²) >= 11 is 0. The van der Waals surface area contributed by atoms with Gasteiger partial charge < -0.3 is 0 Å². The predicted octanol–water partition coefficient (Wildman–Crippen LogP) is 2.36. The highest BCUT2D eigenvalue weighted by Gasteiger charge is 2.46. The fourth-order valence-corrected chi connectivity index (χ4v) is 1.33. The molecule has 0 spiro atoms. The minimum Gasteiger partial charge on any atom is -0.260 e. The summed E-state index contributed by atoms with van der Waals surface area (Å²) in [5, 5.41) is 0. The third-order valence-electron chi connectivity index (χ3n) is 1.63. The summed E-state index contributed by atoms with van der Waals surface area (Å²) in [5.74, 6) is -0.861. The van der Waals surface area contributed by atoms with Crippen molar-refractivity contribution in [2.75, 3.05) is 4.72 Å². The maximum absolute atomic E-state index is 12.1. The second-order valence-corrected chi connectivity index (χ2v) is 4.66. The summed E-state index contributed by atoms with van der Waals surface area (Å²) in [7, 11) is -5.69. The van der Waals surface area contributed by atoms with Gasteiger partial charge in [-0.25, -0.2) is 4.98 Å². The highest BCUT2D eigenvalue weighted by atomic mass is 32.2. The predicted molar refractivity (Wildman–Crippen MR) is 47.8 cm³/mol. The quantitative estimate of drug-likeness (QED) is 0.852. The zero-order valence-electron chi connectivity index (χ0n) is 8.17. The number of nitrogens with zero attached hydrogens (tertiary/aromatic N) is 1. The first-order valence-electron chi connectivity index (χ1n) is 4.06. The van der Waals surface area contributed by atoms with Crippen LogP contribution >= 0.6 is 0 Å². The molecule has 0 unspecified atom stereocenters. The molecule has 0 fully saturated rings. The second kappa shape index (κ2) is 4.30. The molecule has 0 aliphatic rings. The van der Waals surface area contributed by atoms with Gasteiger partial charge >= 0.3 is 21.7 Å². The molecule has 18 heavy (non-hydrogen) atoms. The first-order chi connectivity index (χ1) is 7.93. The summed E-state index contributed by atoms with van der Waals surface area (Å²) in [6.45, 7) is 0. The van der Waals surface area contributed by atoms with Crippen molar-refractivity contribution in [2.24, 2.45) is 0 Å². The van der Waals surface area contributed by atoms with Gasteiger partial charge in [-0.1, -0.05) is 0 Å². The van der Waals surface area contributed by atoms with Crippen molar-refractivity contribution in [2.45, 2.75) is 11.7 Å². The van der Waals surface area contributed by atoms with Crippen molar-refractivity contribution in [3.05, 3.63) is 23.9 Å². The number of aromatic nitrogens is 1. The van der Waals surface area contributed by atoms with Crippen LogP contribution in [-0.4, -0.2) is 18.9 Å². The lowest BCUT2D eigenvalue weighted by Crippen LogP contribution is -2.30. The van der Waals surface area contributed by atoms with E-state index in [1.165, 1.54) is 0 Å². The van der Waals surface area contributed by atoms with Gasteiger partial charge in [0, 0.05) is 6.20 Å². The van der Waals surface area contributed by atoms with E-state index in [1.807, 2.05) is 0 Å². The molecule has 0 saturated carbocycles. The number of rotatable bonds is 2. The van der Waals surface area contributed by atoms with Gasteiger partial charge in [0.25, 0.3) is 0 Å². The molecule has 1 heterocycles. The van der Waals surface area contributed by atoms with Gasteiger partial charge in [0.15, 0.2) is 0 Å². The average Bonchev–Trinajstić information content (AvgIpc) is 2.14. The van der Waals surface area contributed by atoms with Crippen LogP contribution in [0.2, 0.25) is 0 Å². The lowest BCUT2D eigenvalue weighted by atomic mass is 10.3. The summed E-state index contributed by atoms with van der Waals surface area (Å²) in [6.07, 6.45) is -4.50. The molecule has 11 heteroatoms. The molecule has 4 nitrogen and oxygen atoms in total. The van der Waals surface area contributed by atoms with Gasteiger partial charge in [0.05, 0.1) is 5.56 Å². The van der Waals surface area contributed by atoms with E-state index in [2.05, 4.69) is 4.98 Å². The Bertz CT molecular complexity index is 518. The Morgan fingerprint density at radius 2 is 1.61 bits per heavy atom. The van der Waals surface area contributed by atoms with Crippen molar-refractivity contribution >= 4 is 15.8 Å². The maximum atomic E-state index is 12.1. The number of hydrogen-bond acceptors (Lipinski definition) is 3. The van der Waals surface area contributed by atoms with Gasteiger partial charge in [-0.2, -0.15) is 34.8 Å². The van der Waals surface area contributed by atoms with E-state index in [4.69, 9.17) is 0 Å². The van der Waals surface area contributed by atoms with Crippen molar-refractivity contribution < 1.29 is 34.8 Å². The molecule has 0 amide bonds. The van der Waals surface area contributed by atoms with Crippen LogP contribution in [0.3, 0.4) is 0 Å². The van der Waals surface area contributed by atoms with Crippen molar-refractivity contribution in [1.29, 1.82) is 0 Å². The van der Waals surface area contributed by atoms with Gasteiger partial charge in [-0.05, 0) is 12.1 Å². The maximum Gasteiger partial charge on any atom is 0.516 e. The lowest BCUT2D eigenvalue weighted by Gasteiger charge is -2.10. The number of sulfonamides is 1. The molecule has 0 aliphatic heterocycles. The van der Waals surface area contributed by atoms with E-state index in [9.17, 15) is 34.8 Å². The molecule has 0 saturated heterocycles. The highest BCUT2D eigenvalue weighted by molar-refractivity contribution is 7.93. The van der Waals surface area contributed by atoms with Gasteiger partial charge in [-0.3, -0.25) is 4.72 Å². The Morgan fingerprint density at radius 1 is 1.06 bits per heavy atom.